The number of cyclic esters (lactones) is 1. The van der Waals surface area contributed by atoms with E-state index in [0.717, 1.165) is 0 Å². The number of carbonyl (C=O) groups is 3. The van der Waals surface area contributed by atoms with Crippen molar-refractivity contribution < 1.29 is 29.0 Å². The van der Waals surface area contributed by atoms with Crippen molar-refractivity contribution >= 4 is 29.3 Å². The molecular formula is C14H14N2O6. The van der Waals surface area contributed by atoms with Gasteiger partial charge < -0.3 is 19.5 Å². The summed E-state index contributed by atoms with van der Waals surface area (Å²) in [6.07, 6.45) is -1.85. The van der Waals surface area contributed by atoms with E-state index >= 15 is 0 Å². The third kappa shape index (κ3) is 2.60. The summed E-state index contributed by atoms with van der Waals surface area (Å²) in [4.78, 5) is 37.2. The Bertz CT molecular complexity index is 614. The van der Waals surface area contributed by atoms with Crippen LogP contribution in [0.1, 0.15) is 0 Å². The fraction of sp³-hybridized carbons (Fsp3) is 0.357. The van der Waals surface area contributed by atoms with Crippen molar-refractivity contribution in [3.8, 4) is 0 Å². The zero-order chi connectivity index (χ0) is 15.7. The van der Waals surface area contributed by atoms with Crippen LogP contribution in [0.3, 0.4) is 0 Å². The van der Waals surface area contributed by atoms with E-state index in [4.69, 9.17) is 14.6 Å². The molecule has 2 fully saturated rings. The van der Waals surface area contributed by atoms with Crippen molar-refractivity contribution in [2.24, 2.45) is 0 Å². The molecule has 2 aliphatic rings. The molecule has 0 radical (unpaired) electrons. The van der Waals surface area contributed by atoms with Gasteiger partial charge >= 0.3 is 12.1 Å². The van der Waals surface area contributed by atoms with Crippen molar-refractivity contribution in [2.45, 2.75) is 6.10 Å². The number of carboxylic acids is 1. The topological polar surface area (TPSA) is 96.4 Å². The molecule has 2 aliphatic heterocycles. The van der Waals surface area contributed by atoms with Gasteiger partial charge in [0, 0.05) is 17.9 Å². The largest absolute Gasteiger partial charge is 0.478 e. The molecule has 0 aliphatic carbocycles. The molecule has 1 atom stereocenters. The molecule has 1 N–H and O–H groups in total. The molecule has 3 rings (SSSR count). The zero-order valence-corrected chi connectivity index (χ0v) is 11.6. The Morgan fingerprint density at radius 3 is 2.32 bits per heavy atom. The third-order valence-electron chi connectivity index (χ3n) is 3.55. The smallest absolute Gasteiger partial charge is 0.415 e. The van der Waals surface area contributed by atoms with Crippen LogP contribution in [-0.4, -0.2) is 55.5 Å². The Balaban J connectivity index is 1.75. The van der Waals surface area contributed by atoms with Crippen molar-refractivity contribution in [3.63, 3.8) is 0 Å². The molecular weight excluding hydrogens is 292 g/mol. The minimum Gasteiger partial charge on any atom is -0.478 e. The van der Waals surface area contributed by atoms with Gasteiger partial charge in [0.15, 0.2) is 0 Å². The highest BCUT2D eigenvalue weighted by Gasteiger charge is 2.37. The number of hydrogen-bond donors (Lipinski definition) is 1. The number of amides is 2. The first-order chi connectivity index (χ1) is 10.6. The summed E-state index contributed by atoms with van der Waals surface area (Å²) in [6, 6.07) is 6.73. The number of aliphatic carboxylic acids is 1. The Hall–Kier alpha value is -2.61. The average Bonchev–Trinajstić information content (AvgIpc) is 2.90. The highest BCUT2D eigenvalue weighted by atomic mass is 16.6. The summed E-state index contributed by atoms with van der Waals surface area (Å²) in [7, 11) is 0. The lowest BCUT2D eigenvalue weighted by Gasteiger charge is -2.27. The summed E-state index contributed by atoms with van der Waals surface area (Å²) in [5.41, 5.74) is 1.23. The van der Waals surface area contributed by atoms with Crippen LogP contribution in [0.4, 0.5) is 16.2 Å². The van der Waals surface area contributed by atoms with E-state index in [2.05, 4.69) is 0 Å². The van der Waals surface area contributed by atoms with E-state index in [1.807, 2.05) is 0 Å². The molecule has 1 unspecified atom stereocenters. The molecule has 1 aromatic carbocycles. The maximum atomic E-state index is 11.8. The number of ether oxygens (including phenoxy) is 2. The Labute approximate surface area is 125 Å². The predicted molar refractivity (Wildman–Crippen MR) is 74.9 cm³/mol. The lowest BCUT2D eigenvalue weighted by Crippen LogP contribution is -2.41. The van der Waals surface area contributed by atoms with E-state index in [0.29, 0.717) is 24.5 Å². The number of anilines is 2. The van der Waals surface area contributed by atoms with E-state index in [1.165, 1.54) is 4.90 Å². The first kappa shape index (κ1) is 14.3. The number of carboxylic acid groups (broad SMARTS) is 1. The SMILES string of the molecule is O=C(O)C1CN(c2ccc(N3CCOCC3=O)cc2)C(=O)O1. The van der Waals surface area contributed by atoms with Crippen LogP contribution in [0.15, 0.2) is 24.3 Å². The van der Waals surface area contributed by atoms with Crippen LogP contribution in [0, 0.1) is 0 Å². The fourth-order valence-corrected chi connectivity index (χ4v) is 2.41. The number of carbonyl (C=O) groups excluding carboxylic acids is 2. The van der Waals surface area contributed by atoms with Crippen LogP contribution in [0.5, 0.6) is 0 Å². The Morgan fingerprint density at radius 1 is 1.14 bits per heavy atom. The molecule has 0 saturated carbocycles. The fourth-order valence-electron chi connectivity index (χ4n) is 2.41. The maximum absolute atomic E-state index is 11.8. The maximum Gasteiger partial charge on any atom is 0.415 e. The number of nitrogens with zero attached hydrogens (tertiary/aromatic N) is 2. The quantitative estimate of drug-likeness (QED) is 0.871. The van der Waals surface area contributed by atoms with Crippen molar-refractivity contribution in [2.75, 3.05) is 36.1 Å². The molecule has 2 heterocycles. The molecule has 0 spiro atoms. The van der Waals surface area contributed by atoms with Gasteiger partial charge in [-0.25, -0.2) is 9.59 Å². The highest BCUT2D eigenvalue weighted by Crippen LogP contribution is 2.25. The summed E-state index contributed by atoms with van der Waals surface area (Å²) in [5, 5.41) is 8.88. The lowest BCUT2D eigenvalue weighted by molar-refractivity contribution is -0.144. The van der Waals surface area contributed by atoms with Gasteiger partial charge in [0.05, 0.1) is 13.2 Å². The van der Waals surface area contributed by atoms with Crippen LogP contribution < -0.4 is 9.80 Å². The zero-order valence-electron chi connectivity index (χ0n) is 11.6. The molecule has 2 saturated heterocycles. The van der Waals surface area contributed by atoms with E-state index in [-0.39, 0.29) is 19.1 Å². The molecule has 22 heavy (non-hydrogen) atoms. The normalized spacial score (nSPS) is 21.9. The van der Waals surface area contributed by atoms with Crippen LogP contribution in [-0.2, 0) is 19.1 Å². The van der Waals surface area contributed by atoms with Crippen LogP contribution in [0.25, 0.3) is 0 Å². The first-order valence-electron chi connectivity index (χ1n) is 6.75. The van der Waals surface area contributed by atoms with Crippen LogP contribution >= 0.6 is 0 Å². The summed E-state index contributed by atoms with van der Waals surface area (Å²) < 4.78 is 9.83. The summed E-state index contributed by atoms with van der Waals surface area (Å²) in [5.74, 6) is -1.29. The Kier molecular flexibility index (Phi) is 3.68. The molecule has 2 amide bonds. The molecule has 0 bridgehead atoms. The molecule has 1 aromatic rings. The van der Waals surface area contributed by atoms with Crippen molar-refractivity contribution in [1.82, 2.24) is 0 Å². The van der Waals surface area contributed by atoms with Gasteiger partial charge in [-0.2, -0.15) is 0 Å². The van der Waals surface area contributed by atoms with Gasteiger partial charge in [0.1, 0.15) is 6.61 Å². The number of benzene rings is 1. The second-order valence-corrected chi connectivity index (χ2v) is 4.94. The molecule has 8 nitrogen and oxygen atoms in total. The van der Waals surface area contributed by atoms with Gasteiger partial charge in [0.25, 0.3) is 5.91 Å². The standard InChI is InChI=1S/C14H14N2O6/c17-12-8-21-6-5-15(12)9-1-3-10(4-2-9)16-7-11(13(18)19)22-14(16)20/h1-4,11H,5-8H2,(H,18,19). The van der Waals surface area contributed by atoms with E-state index in [1.54, 1.807) is 29.2 Å². The minimum absolute atomic E-state index is 0.0377. The van der Waals surface area contributed by atoms with Crippen molar-refractivity contribution in [3.05, 3.63) is 24.3 Å². The van der Waals surface area contributed by atoms with Crippen molar-refractivity contribution in [1.29, 1.82) is 0 Å². The second kappa shape index (κ2) is 5.64. The average molecular weight is 306 g/mol. The lowest BCUT2D eigenvalue weighted by atomic mass is 10.2. The van der Waals surface area contributed by atoms with Gasteiger partial charge in [-0.3, -0.25) is 9.69 Å². The van der Waals surface area contributed by atoms with Crippen LogP contribution in [0.2, 0.25) is 0 Å². The van der Waals surface area contributed by atoms with E-state index < -0.39 is 18.2 Å². The number of rotatable bonds is 3. The van der Waals surface area contributed by atoms with E-state index in [9.17, 15) is 14.4 Å². The van der Waals surface area contributed by atoms with Gasteiger partial charge in [0.2, 0.25) is 6.10 Å². The summed E-state index contributed by atoms with van der Waals surface area (Å²) >= 11 is 0. The predicted octanol–water partition coefficient (Wildman–Crippen LogP) is 0.460. The molecule has 0 aromatic heterocycles. The van der Waals surface area contributed by atoms with Gasteiger partial charge in [-0.1, -0.05) is 0 Å². The molecule has 8 heteroatoms. The molecule has 116 valence electrons. The summed E-state index contributed by atoms with van der Waals surface area (Å²) in [6.45, 7) is 0.974. The minimum atomic E-state index is -1.17. The highest BCUT2D eigenvalue weighted by molar-refractivity contribution is 5.96. The number of morpholine rings is 1. The van der Waals surface area contributed by atoms with Gasteiger partial charge in [-0.05, 0) is 24.3 Å². The third-order valence-corrected chi connectivity index (χ3v) is 3.55. The second-order valence-electron chi connectivity index (χ2n) is 4.94. The first-order valence-corrected chi connectivity index (χ1v) is 6.75. The van der Waals surface area contributed by atoms with Gasteiger partial charge in [-0.15, -0.1) is 0 Å². The number of hydrogen-bond acceptors (Lipinski definition) is 5. The monoisotopic (exact) mass is 306 g/mol. The Morgan fingerprint density at radius 2 is 1.77 bits per heavy atom.